The molecule has 1 N–H and O–H groups in total. The number of sulfonamides is 1. The first kappa shape index (κ1) is 19.9. The highest BCUT2D eigenvalue weighted by Gasteiger charge is 2.24. The second-order valence-corrected chi connectivity index (χ2v) is 9.77. The molecule has 6 heteroatoms. The fraction of sp³-hybridized carbons (Fsp3) is 0.632. The second kappa shape index (κ2) is 7.87. The second-order valence-electron chi connectivity index (χ2n) is 7.99. The van der Waals surface area contributed by atoms with E-state index >= 15 is 0 Å². The molecule has 0 aromatic heterocycles. The molecule has 1 aromatic rings. The zero-order chi connectivity index (χ0) is 18.7. The monoisotopic (exact) mass is 366 g/mol. The fourth-order valence-electron chi connectivity index (χ4n) is 3.13. The van der Waals surface area contributed by atoms with Crippen LogP contribution < -0.4 is 4.72 Å². The summed E-state index contributed by atoms with van der Waals surface area (Å²) in [7, 11) is -3.18. The van der Waals surface area contributed by atoms with Gasteiger partial charge in [-0.15, -0.1) is 0 Å². The quantitative estimate of drug-likeness (QED) is 0.870. The molecular formula is C19H30N2O3S. The van der Waals surface area contributed by atoms with Crippen LogP contribution in [0.25, 0.3) is 0 Å². The molecule has 1 aliphatic heterocycles. The number of piperidine rings is 1. The van der Waals surface area contributed by atoms with Crippen molar-refractivity contribution in [2.45, 2.75) is 57.9 Å². The molecule has 0 bridgehead atoms. The van der Waals surface area contributed by atoms with Crippen molar-refractivity contribution in [1.29, 1.82) is 0 Å². The molecule has 5 nitrogen and oxygen atoms in total. The normalized spacial score (nSPS) is 16.9. The number of carbonyl (C=O) groups excluding carboxylic acids is 1. The molecule has 25 heavy (non-hydrogen) atoms. The SMILES string of the molecule is CC(C)(C)c1ccc(CCC(=O)N2CCC(NS(C)(=O)=O)CC2)cc1. The van der Waals surface area contributed by atoms with Crippen molar-refractivity contribution >= 4 is 15.9 Å². The number of rotatable bonds is 5. The summed E-state index contributed by atoms with van der Waals surface area (Å²) in [6.07, 6.45) is 3.78. The summed E-state index contributed by atoms with van der Waals surface area (Å²) in [6.45, 7) is 7.80. The molecule has 1 heterocycles. The van der Waals surface area contributed by atoms with Gasteiger partial charge in [0.1, 0.15) is 0 Å². The molecule has 1 saturated heterocycles. The van der Waals surface area contributed by atoms with E-state index < -0.39 is 10.0 Å². The van der Waals surface area contributed by atoms with Crippen LogP contribution in [0.3, 0.4) is 0 Å². The van der Waals surface area contributed by atoms with Gasteiger partial charge in [0.2, 0.25) is 15.9 Å². The first-order valence-corrected chi connectivity index (χ1v) is 10.8. The van der Waals surface area contributed by atoms with Crippen LogP contribution in [-0.4, -0.2) is 44.6 Å². The highest BCUT2D eigenvalue weighted by Crippen LogP contribution is 2.22. The van der Waals surface area contributed by atoms with Crippen molar-refractivity contribution in [3.05, 3.63) is 35.4 Å². The van der Waals surface area contributed by atoms with E-state index in [9.17, 15) is 13.2 Å². The summed E-state index contributed by atoms with van der Waals surface area (Å²) in [5.41, 5.74) is 2.61. The average Bonchev–Trinajstić information content (AvgIpc) is 2.51. The molecule has 0 unspecified atom stereocenters. The largest absolute Gasteiger partial charge is 0.343 e. The van der Waals surface area contributed by atoms with Gasteiger partial charge in [0.15, 0.2) is 0 Å². The van der Waals surface area contributed by atoms with Crippen LogP contribution in [0.2, 0.25) is 0 Å². The van der Waals surface area contributed by atoms with Crippen LogP contribution >= 0.6 is 0 Å². The maximum absolute atomic E-state index is 12.4. The Balaban J connectivity index is 1.79. The predicted octanol–water partition coefficient (Wildman–Crippen LogP) is 2.46. The van der Waals surface area contributed by atoms with Gasteiger partial charge in [0.25, 0.3) is 0 Å². The predicted molar refractivity (Wildman–Crippen MR) is 101 cm³/mol. The molecular weight excluding hydrogens is 336 g/mol. The van der Waals surface area contributed by atoms with E-state index in [0.29, 0.717) is 32.4 Å². The highest BCUT2D eigenvalue weighted by atomic mass is 32.2. The smallest absolute Gasteiger partial charge is 0.222 e. The summed E-state index contributed by atoms with van der Waals surface area (Å²) in [5.74, 6) is 0.151. The minimum absolute atomic E-state index is 0.0519. The van der Waals surface area contributed by atoms with Crippen LogP contribution in [0.1, 0.15) is 51.2 Å². The van der Waals surface area contributed by atoms with Crippen molar-refractivity contribution in [2.75, 3.05) is 19.3 Å². The van der Waals surface area contributed by atoms with Gasteiger partial charge in [-0.05, 0) is 35.8 Å². The summed E-state index contributed by atoms with van der Waals surface area (Å²) in [4.78, 5) is 14.2. The molecule has 2 rings (SSSR count). The van der Waals surface area contributed by atoms with Crippen molar-refractivity contribution < 1.29 is 13.2 Å². The van der Waals surface area contributed by atoms with E-state index in [1.54, 1.807) is 0 Å². The third kappa shape index (κ3) is 6.44. The van der Waals surface area contributed by atoms with Crippen molar-refractivity contribution in [1.82, 2.24) is 9.62 Å². The lowest BCUT2D eigenvalue weighted by Gasteiger charge is -2.32. The number of amides is 1. The first-order valence-electron chi connectivity index (χ1n) is 8.89. The van der Waals surface area contributed by atoms with Gasteiger partial charge in [-0.1, -0.05) is 45.0 Å². The van der Waals surface area contributed by atoms with Crippen LogP contribution in [0, 0.1) is 0 Å². The van der Waals surface area contributed by atoms with Crippen LogP contribution in [0.5, 0.6) is 0 Å². The zero-order valence-corrected chi connectivity index (χ0v) is 16.5. The Bertz CT molecular complexity index is 682. The van der Waals surface area contributed by atoms with Gasteiger partial charge in [-0.2, -0.15) is 0 Å². The third-order valence-electron chi connectivity index (χ3n) is 4.68. The highest BCUT2D eigenvalue weighted by molar-refractivity contribution is 7.88. The van der Waals surface area contributed by atoms with E-state index in [1.807, 2.05) is 4.90 Å². The third-order valence-corrected chi connectivity index (χ3v) is 5.44. The van der Waals surface area contributed by atoms with Crippen molar-refractivity contribution in [3.63, 3.8) is 0 Å². The van der Waals surface area contributed by atoms with Gasteiger partial charge >= 0.3 is 0 Å². The molecule has 1 aliphatic rings. The summed E-state index contributed by atoms with van der Waals surface area (Å²) in [5, 5.41) is 0. The number of likely N-dealkylation sites (tertiary alicyclic amines) is 1. The van der Waals surface area contributed by atoms with Gasteiger partial charge in [-0.25, -0.2) is 13.1 Å². The van der Waals surface area contributed by atoms with E-state index in [-0.39, 0.29) is 17.4 Å². The maximum atomic E-state index is 12.4. The molecule has 1 aromatic carbocycles. The van der Waals surface area contributed by atoms with Gasteiger partial charge in [0.05, 0.1) is 6.26 Å². The molecule has 1 amide bonds. The van der Waals surface area contributed by atoms with Crippen molar-refractivity contribution in [2.24, 2.45) is 0 Å². The van der Waals surface area contributed by atoms with Gasteiger partial charge in [-0.3, -0.25) is 4.79 Å². The average molecular weight is 367 g/mol. The number of aryl methyl sites for hydroxylation is 1. The molecule has 140 valence electrons. The molecule has 1 fully saturated rings. The minimum atomic E-state index is -3.18. The minimum Gasteiger partial charge on any atom is -0.343 e. The Morgan fingerprint density at radius 3 is 2.20 bits per heavy atom. The lowest BCUT2D eigenvalue weighted by molar-refractivity contribution is -0.132. The molecule has 0 atom stereocenters. The number of carbonyl (C=O) groups is 1. The van der Waals surface area contributed by atoms with Crippen LogP contribution in [0.15, 0.2) is 24.3 Å². The Morgan fingerprint density at radius 2 is 1.72 bits per heavy atom. The van der Waals surface area contributed by atoms with E-state index in [1.165, 1.54) is 17.4 Å². The number of hydrogen-bond acceptors (Lipinski definition) is 3. The molecule has 0 saturated carbocycles. The van der Waals surface area contributed by atoms with Gasteiger partial charge < -0.3 is 4.90 Å². The van der Waals surface area contributed by atoms with E-state index in [4.69, 9.17) is 0 Å². The van der Waals surface area contributed by atoms with Gasteiger partial charge in [0, 0.05) is 25.6 Å². The Kier molecular flexibility index (Phi) is 6.27. The van der Waals surface area contributed by atoms with Crippen LogP contribution in [-0.2, 0) is 26.7 Å². The Hall–Kier alpha value is -1.40. The number of nitrogens with one attached hydrogen (secondary N) is 1. The number of benzene rings is 1. The summed E-state index contributed by atoms with van der Waals surface area (Å²) < 4.78 is 25.2. The molecule has 0 spiro atoms. The standard InChI is InChI=1S/C19H30N2O3S/c1-19(2,3)16-8-5-15(6-9-16)7-10-18(22)21-13-11-17(12-14-21)20-25(4,23)24/h5-6,8-9,17,20H,7,10-14H2,1-4H3. The lowest BCUT2D eigenvalue weighted by Crippen LogP contribution is -2.46. The van der Waals surface area contributed by atoms with Crippen LogP contribution in [0.4, 0.5) is 0 Å². The van der Waals surface area contributed by atoms with Crippen molar-refractivity contribution in [3.8, 4) is 0 Å². The summed E-state index contributed by atoms with van der Waals surface area (Å²) in [6, 6.07) is 8.44. The number of hydrogen-bond donors (Lipinski definition) is 1. The zero-order valence-electron chi connectivity index (χ0n) is 15.7. The fourth-order valence-corrected chi connectivity index (χ4v) is 3.97. The Morgan fingerprint density at radius 1 is 1.16 bits per heavy atom. The topological polar surface area (TPSA) is 66.5 Å². The summed E-state index contributed by atoms with van der Waals surface area (Å²) >= 11 is 0. The lowest BCUT2D eigenvalue weighted by atomic mass is 9.86. The van der Waals surface area contributed by atoms with E-state index in [0.717, 1.165) is 6.42 Å². The molecule has 0 radical (unpaired) electrons. The Labute approximate surface area is 151 Å². The molecule has 0 aliphatic carbocycles. The van der Waals surface area contributed by atoms with E-state index in [2.05, 4.69) is 49.8 Å². The number of nitrogens with zero attached hydrogens (tertiary/aromatic N) is 1. The maximum Gasteiger partial charge on any atom is 0.222 e. The first-order chi connectivity index (χ1) is 11.5.